The van der Waals surface area contributed by atoms with Crippen LogP contribution in [-0.2, 0) is 4.74 Å². The molecule has 0 heterocycles. The Kier molecular flexibility index (Phi) is 4.55. The molecule has 1 saturated carbocycles. The minimum absolute atomic E-state index is 0.655. The highest BCUT2D eigenvalue weighted by atomic mass is 16.5. The molecule has 0 spiro atoms. The lowest BCUT2D eigenvalue weighted by molar-refractivity contribution is 0.0610. The van der Waals surface area contributed by atoms with Gasteiger partial charge in [-0.1, -0.05) is 18.3 Å². The van der Waals surface area contributed by atoms with Crippen molar-refractivity contribution in [3.63, 3.8) is 0 Å². The summed E-state index contributed by atoms with van der Waals surface area (Å²) < 4.78 is 4.99. The van der Waals surface area contributed by atoms with Gasteiger partial charge in [0.15, 0.2) is 0 Å². The van der Waals surface area contributed by atoms with Gasteiger partial charge in [0.25, 0.3) is 0 Å². The van der Waals surface area contributed by atoms with E-state index in [-0.39, 0.29) is 0 Å². The third-order valence-corrected chi connectivity index (χ3v) is 2.40. The predicted molar refractivity (Wildman–Crippen MR) is 56.6 cm³/mol. The summed E-state index contributed by atoms with van der Waals surface area (Å²) in [6.45, 7) is 2.58. The van der Waals surface area contributed by atoms with Gasteiger partial charge in [-0.15, -0.1) is 0 Å². The third-order valence-electron chi connectivity index (χ3n) is 2.40. The molecule has 2 heteroatoms. The summed E-state index contributed by atoms with van der Waals surface area (Å²) in [6, 6.07) is 0. The van der Waals surface area contributed by atoms with Gasteiger partial charge in [0.05, 0.1) is 12.9 Å². The first-order valence-electron chi connectivity index (χ1n) is 5.28. The average molecular weight is 194 g/mol. The molecule has 0 unspecified atom stereocenters. The summed E-state index contributed by atoms with van der Waals surface area (Å²) in [5.41, 5.74) is -0.741. The molecule has 1 fully saturated rings. The topological polar surface area (TPSA) is 29.5 Å². The summed E-state index contributed by atoms with van der Waals surface area (Å²) >= 11 is 0. The number of rotatable bonds is 2. The molecule has 0 bridgehead atoms. The third kappa shape index (κ3) is 3.85. The van der Waals surface area contributed by atoms with Crippen LogP contribution in [0, 0.1) is 11.8 Å². The first kappa shape index (κ1) is 11.1. The maximum atomic E-state index is 9.98. The molecule has 1 N–H and O–H groups in total. The van der Waals surface area contributed by atoms with Crippen molar-refractivity contribution < 1.29 is 9.84 Å². The summed E-state index contributed by atoms with van der Waals surface area (Å²) in [5, 5.41) is 9.98. The maximum absolute atomic E-state index is 9.98. The second-order valence-corrected chi connectivity index (χ2v) is 3.62. The van der Waals surface area contributed by atoms with Crippen LogP contribution in [0.5, 0.6) is 0 Å². The Bertz CT molecular complexity index is 239. The standard InChI is InChI=1S/C12H18O2/c1-2-14-11-7-6-10-12(13)8-4-3-5-9-12/h7,11,13H,2-5,8-9H2,1H3/b11-7+. The van der Waals surface area contributed by atoms with Gasteiger partial charge in [-0.05, 0) is 32.6 Å². The fourth-order valence-corrected chi connectivity index (χ4v) is 1.62. The van der Waals surface area contributed by atoms with Gasteiger partial charge < -0.3 is 9.84 Å². The van der Waals surface area contributed by atoms with Crippen LogP contribution in [-0.4, -0.2) is 17.3 Å². The van der Waals surface area contributed by atoms with E-state index in [0.29, 0.717) is 6.61 Å². The van der Waals surface area contributed by atoms with Gasteiger partial charge in [0, 0.05) is 6.08 Å². The summed E-state index contributed by atoms with van der Waals surface area (Å²) in [5.74, 6) is 5.72. The molecule has 0 aromatic carbocycles. The zero-order chi connectivity index (χ0) is 10.3. The molecule has 0 aliphatic heterocycles. The van der Waals surface area contributed by atoms with Crippen LogP contribution in [0.3, 0.4) is 0 Å². The molecular formula is C12H18O2. The molecule has 0 aromatic rings. The summed E-state index contributed by atoms with van der Waals surface area (Å²) in [7, 11) is 0. The van der Waals surface area contributed by atoms with Crippen LogP contribution in [0.15, 0.2) is 12.3 Å². The zero-order valence-corrected chi connectivity index (χ0v) is 8.75. The normalized spacial score (nSPS) is 20.1. The molecule has 1 aliphatic carbocycles. The SMILES string of the molecule is CCO/C=C/C#CC1(O)CCCCC1. The molecular weight excluding hydrogens is 176 g/mol. The van der Waals surface area contributed by atoms with Gasteiger partial charge in [-0.3, -0.25) is 0 Å². The lowest BCUT2D eigenvalue weighted by Gasteiger charge is -2.26. The van der Waals surface area contributed by atoms with Crippen molar-refractivity contribution in [1.82, 2.24) is 0 Å². The Morgan fingerprint density at radius 1 is 1.36 bits per heavy atom. The van der Waals surface area contributed by atoms with Crippen molar-refractivity contribution in [2.45, 2.75) is 44.6 Å². The van der Waals surface area contributed by atoms with Crippen LogP contribution >= 0.6 is 0 Å². The second-order valence-electron chi connectivity index (χ2n) is 3.62. The van der Waals surface area contributed by atoms with E-state index in [0.717, 1.165) is 25.7 Å². The fourth-order valence-electron chi connectivity index (χ4n) is 1.62. The minimum Gasteiger partial charge on any atom is -0.501 e. The Labute approximate surface area is 86.0 Å². The minimum atomic E-state index is -0.741. The van der Waals surface area contributed by atoms with Crippen molar-refractivity contribution in [3.05, 3.63) is 12.3 Å². The van der Waals surface area contributed by atoms with Crippen LogP contribution in [0.25, 0.3) is 0 Å². The van der Waals surface area contributed by atoms with Crippen molar-refractivity contribution in [3.8, 4) is 11.8 Å². The Morgan fingerprint density at radius 3 is 2.71 bits per heavy atom. The van der Waals surface area contributed by atoms with Crippen molar-refractivity contribution in [1.29, 1.82) is 0 Å². The molecule has 14 heavy (non-hydrogen) atoms. The summed E-state index contributed by atoms with van der Waals surface area (Å²) in [4.78, 5) is 0. The van der Waals surface area contributed by atoms with E-state index in [4.69, 9.17) is 4.74 Å². The van der Waals surface area contributed by atoms with Gasteiger partial charge in [0.2, 0.25) is 0 Å². The van der Waals surface area contributed by atoms with E-state index in [9.17, 15) is 5.11 Å². The Hall–Kier alpha value is -0.940. The number of aliphatic hydroxyl groups is 1. The van der Waals surface area contributed by atoms with E-state index in [1.807, 2.05) is 6.92 Å². The van der Waals surface area contributed by atoms with E-state index in [1.165, 1.54) is 6.42 Å². The molecule has 0 aromatic heterocycles. The fraction of sp³-hybridized carbons (Fsp3) is 0.667. The highest BCUT2D eigenvalue weighted by Crippen LogP contribution is 2.26. The monoisotopic (exact) mass is 194 g/mol. The Morgan fingerprint density at radius 2 is 2.07 bits per heavy atom. The van der Waals surface area contributed by atoms with Crippen LogP contribution in [0.2, 0.25) is 0 Å². The molecule has 1 rings (SSSR count). The lowest BCUT2D eigenvalue weighted by Crippen LogP contribution is -2.29. The quantitative estimate of drug-likeness (QED) is 0.539. The number of allylic oxidation sites excluding steroid dienone is 1. The number of hydrogen-bond donors (Lipinski definition) is 1. The first-order valence-corrected chi connectivity index (χ1v) is 5.28. The average Bonchev–Trinajstić information content (AvgIpc) is 2.18. The first-order chi connectivity index (χ1) is 6.77. The maximum Gasteiger partial charge on any atom is 0.125 e. The van der Waals surface area contributed by atoms with E-state index < -0.39 is 5.60 Å². The van der Waals surface area contributed by atoms with Crippen molar-refractivity contribution in [2.24, 2.45) is 0 Å². The van der Waals surface area contributed by atoms with E-state index >= 15 is 0 Å². The summed E-state index contributed by atoms with van der Waals surface area (Å²) in [6.07, 6.45) is 8.22. The van der Waals surface area contributed by atoms with Gasteiger partial charge in [-0.25, -0.2) is 0 Å². The second kappa shape index (κ2) is 5.72. The van der Waals surface area contributed by atoms with Gasteiger partial charge >= 0.3 is 0 Å². The van der Waals surface area contributed by atoms with Gasteiger partial charge in [0.1, 0.15) is 5.60 Å². The van der Waals surface area contributed by atoms with Crippen LogP contribution in [0.4, 0.5) is 0 Å². The predicted octanol–water partition coefficient (Wildman–Crippen LogP) is 2.24. The molecule has 0 radical (unpaired) electrons. The number of ether oxygens (including phenoxy) is 1. The highest BCUT2D eigenvalue weighted by Gasteiger charge is 2.26. The zero-order valence-electron chi connectivity index (χ0n) is 8.75. The molecule has 2 nitrogen and oxygen atoms in total. The van der Waals surface area contributed by atoms with Crippen LogP contribution in [0.1, 0.15) is 39.0 Å². The van der Waals surface area contributed by atoms with E-state index in [2.05, 4.69) is 11.8 Å². The largest absolute Gasteiger partial charge is 0.501 e. The molecule has 0 atom stereocenters. The van der Waals surface area contributed by atoms with E-state index in [1.54, 1.807) is 12.3 Å². The molecule has 1 aliphatic rings. The van der Waals surface area contributed by atoms with Crippen molar-refractivity contribution in [2.75, 3.05) is 6.61 Å². The number of hydrogen-bond acceptors (Lipinski definition) is 2. The smallest absolute Gasteiger partial charge is 0.125 e. The van der Waals surface area contributed by atoms with Crippen LogP contribution < -0.4 is 0 Å². The van der Waals surface area contributed by atoms with Crippen molar-refractivity contribution >= 4 is 0 Å². The lowest BCUT2D eigenvalue weighted by atomic mass is 9.85. The van der Waals surface area contributed by atoms with Gasteiger partial charge in [-0.2, -0.15) is 0 Å². The highest BCUT2D eigenvalue weighted by molar-refractivity contribution is 5.21. The molecule has 78 valence electrons. The Balaban J connectivity index is 2.39. The molecule has 0 amide bonds. The molecule has 0 saturated heterocycles.